The third-order valence-electron chi connectivity index (χ3n) is 3.85. The Balaban J connectivity index is 1.72. The third kappa shape index (κ3) is 4.81. The van der Waals surface area contributed by atoms with Gasteiger partial charge < -0.3 is 10.1 Å². The van der Waals surface area contributed by atoms with Crippen molar-refractivity contribution in [1.82, 2.24) is 10.6 Å². The van der Waals surface area contributed by atoms with Crippen molar-refractivity contribution in [2.75, 3.05) is 18.0 Å². The molecule has 1 fully saturated rings. The van der Waals surface area contributed by atoms with Gasteiger partial charge in [-0.3, -0.25) is 15.0 Å². The fraction of sp³-hybridized carbons (Fsp3) is 0.350. The number of urea groups is 1. The molecule has 0 saturated carbocycles. The Labute approximate surface area is 167 Å². The van der Waals surface area contributed by atoms with E-state index in [9.17, 15) is 14.4 Å². The van der Waals surface area contributed by atoms with Gasteiger partial charge in [-0.15, -0.1) is 11.3 Å². The van der Waals surface area contributed by atoms with Gasteiger partial charge in [0.2, 0.25) is 5.91 Å². The van der Waals surface area contributed by atoms with Gasteiger partial charge in [-0.25, -0.2) is 9.59 Å². The molecule has 2 aromatic rings. The van der Waals surface area contributed by atoms with Crippen molar-refractivity contribution in [3.63, 3.8) is 0 Å². The molecule has 7 nitrogen and oxygen atoms in total. The quantitative estimate of drug-likeness (QED) is 0.759. The molecule has 1 aliphatic rings. The fourth-order valence-electron chi connectivity index (χ4n) is 2.67. The van der Waals surface area contributed by atoms with Crippen LogP contribution in [-0.2, 0) is 9.53 Å². The molecule has 1 saturated heterocycles. The van der Waals surface area contributed by atoms with Gasteiger partial charge in [0, 0.05) is 34.0 Å². The molecule has 8 heteroatoms. The number of thiophene rings is 1. The second kappa shape index (κ2) is 7.90. The number of hydrogen-bond donors (Lipinski definition) is 2. The van der Waals surface area contributed by atoms with Gasteiger partial charge in [0.15, 0.2) is 0 Å². The first-order valence-corrected chi connectivity index (χ1v) is 9.69. The molecule has 0 aliphatic carbocycles. The van der Waals surface area contributed by atoms with E-state index in [4.69, 9.17) is 4.74 Å². The van der Waals surface area contributed by atoms with Crippen LogP contribution in [0.15, 0.2) is 23.6 Å². The molecule has 4 amide bonds. The van der Waals surface area contributed by atoms with E-state index < -0.39 is 17.7 Å². The fourth-order valence-corrected chi connectivity index (χ4v) is 3.60. The zero-order chi connectivity index (χ0) is 20.3. The van der Waals surface area contributed by atoms with E-state index in [-0.39, 0.29) is 18.9 Å². The third-order valence-corrected chi connectivity index (χ3v) is 4.80. The van der Waals surface area contributed by atoms with E-state index in [0.717, 1.165) is 21.3 Å². The number of carbonyl (C=O) groups is 3. The molecule has 0 unspecified atom stereocenters. The van der Waals surface area contributed by atoms with Gasteiger partial charge in [0.25, 0.3) is 0 Å². The number of nitrogens with zero attached hydrogens (tertiary/aromatic N) is 1. The van der Waals surface area contributed by atoms with E-state index in [1.54, 1.807) is 25.7 Å². The summed E-state index contributed by atoms with van der Waals surface area (Å²) in [5, 5.41) is 7.74. The molecule has 0 atom stereocenters. The number of alkyl carbamates (subject to hydrolysis) is 1. The minimum Gasteiger partial charge on any atom is -0.444 e. The van der Waals surface area contributed by atoms with Gasteiger partial charge in [0.05, 0.1) is 12.2 Å². The Bertz CT molecular complexity index is 994. The molecule has 0 bridgehead atoms. The van der Waals surface area contributed by atoms with Crippen molar-refractivity contribution < 1.29 is 19.1 Å². The first kappa shape index (κ1) is 19.7. The molecule has 1 aromatic carbocycles. The van der Waals surface area contributed by atoms with Crippen LogP contribution in [0.2, 0.25) is 0 Å². The number of benzene rings is 1. The van der Waals surface area contributed by atoms with Crippen molar-refractivity contribution in [1.29, 1.82) is 0 Å². The Morgan fingerprint density at radius 3 is 2.86 bits per heavy atom. The molecule has 0 radical (unpaired) electrons. The average Bonchev–Trinajstić information content (AvgIpc) is 3.00. The summed E-state index contributed by atoms with van der Waals surface area (Å²) in [6.07, 6.45) is -0.234. The highest BCUT2D eigenvalue weighted by Crippen LogP contribution is 2.34. The normalized spacial score (nSPS) is 14.3. The largest absolute Gasteiger partial charge is 0.444 e. The number of imide groups is 1. The molecule has 1 aromatic heterocycles. The van der Waals surface area contributed by atoms with Crippen LogP contribution in [-0.4, -0.2) is 36.7 Å². The number of rotatable bonds is 2. The second-order valence-electron chi connectivity index (χ2n) is 7.24. The van der Waals surface area contributed by atoms with E-state index in [2.05, 4.69) is 22.5 Å². The smallest absolute Gasteiger partial charge is 0.408 e. The first-order valence-electron chi connectivity index (χ1n) is 8.81. The summed E-state index contributed by atoms with van der Waals surface area (Å²) in [6.45, 7) is 5.91. The van der Waals surface area contributed by atoms with Crippen molar-refractivity contribution >= 4 is 45.1 Å². The number of hydrogen-bond acceptors (Lipinski definition) is 5. The number of carbonyl (C=O) groups excluding carboxylic acids is 3. The number of ether oxygens (including phenoxy) is 1. The maximum Gasteiger partial charge on any atom is 0.408 e. The predicted octanol–water partition coefficient (Wildman–Crippen LogP) is 3.22. The standard InChI is InChI=1S/C20H21N3O4S/c1-20(2,3)27-19(26)21-9-4-5-13-6-7-16-14(11-13)15(12-28-16)23-10-8-17(24)22-18(23)25/h6-7,11-12H,8-10H2,1-3H3,(H,21,26)(H,22,24,25). The average molecular weight is 399 g/mol. The molecule has 0 spiro atoms. The molecular weight excluding hydrogens is 378 g/mol. The summed E-state index contributed by atoms with van der Waals surface area (Å²) in [4.78, 5) is 36.7. The van der Waals surface area contributed by atoms with E-state index in [1.807, 2.05) is 23.6 Å². The molecule has 28 heavy (non-hydrogen) atoms. The lowest BCUT2D eigenvalue weighted by Crippen LogP contribution is -2.49. The summed E-state index contributed by atoms with van der Waals surface area (Å²) < 4.78 is 6.18. The molecule has 2 heterocycles. The van der Waals surface area contributed by atoms with Crippen molar-refractivity contribution in [3.05, 3.63) is 29.1 Å². The first-order chi connectivity index (χ1) is 13.2. The van der Waals surface area contributed by atoms with Crippen LogP contribution in [0, 0.1) is 11.8 Å². The van der Waals surface area contributed by atoms with Crippen LogP contribution in [0.1, 0.15) is 32.8 Å². The number of anilines is 1. The topological polar surface area (TPSA) is 87.7 Å². The Morgan fingerprint density at radius 2 is 2.14 bits per heavy atom. The lowest BCUT2D eigenvalue weighted by molar-refractivity contribution is -0.120. The van der Waals surface area contributed by atoms with Gasteiger partial charge in [-0.1, -0.05) is 11.8 Å². The highest BCUT2D eigenvalue weighted by molar-refractivity contribution is 7.17. The van der Waals surface area contributed by atoms with Crippen LogP contribution >= 0.6 is 11.3 Å². The molecule has 3 rings (SSSR count). The number of amides is 4. The van der Waals surface area contributed by atoms with E-state index in [1.165, 1.54) is 11.3 Å². The lowest BCUT2D eigenvalue weighted by atomic mass is 10.1. The predicted molar refractivity (Wildman–Crippen MR) is 108 cm³/mol. The van der Waals surface area contributed by atoms with Crippen molar-refractivity contribution in [3.8, 4) is 11.8 Å². The zero-order valence-electron chi connectivity index (χ0n) is 15.9. The van der Waals surface area contributed by atoms with Crippen molar-refractivity contribution in [2.24, 2.45) is 0 Å². The van der Waals surface area contributed by atoms with Gasteiger partial charge in [0.1, 0.15) is 5.60 Å². The Morgan fingerprint density at radius 1 is 1.36 bits per heavy atom. The summed E-state index contributed by atoms with van der Waals surface area (Å²) in [6, 6.07) is 5.34. The van der Waals surface area contributed by atoms with Gasteiger partial charge in [-0.2, -0.15) is 0 Å². The van der Waals surface area contributed by atoms with Gasteiger partial charge in [-0.05, 0) is 39.0 Å². The Kier molecular flexibility index (Phi) is 5.56. The number of fused-ring (bicyclic) bond motifs is 1. The summed E-state index contributed by atoms with van der Waals surface area (Å²) in [5.74, 6) is 5.64. The van der Waals surface area contributed by atoms with Crippen LogP contribution < -0.4 is 15.5 Å². The zero-order valence-corrected chi connectivity index (χ0v) is 16.7. The summed E-state index contributed by atoms with van der Waals surface area (Å²) in [7, 11) is 0. The summed E-state index contributed by atoms with van der Waals surface area (Å²) in [5.41, 5.74) is 0.982. The second-order valence-corrected chi connectivity index (χ2v) is 8.16. The lowest BCUT2D eigenvalue weighted by Gasteiger charge is -2.26. The van der Waals surface area contributed by atoms with E-state index >= 15 is 0 Å². The molecule has 2 N–H and O–H groups in total. The van der Waals surface area contributed by atoms with Crippen LogP contribution in [0.25, 0.3) is 10.1 Å². The molecular formula is C20H21N3O4S. The number of nitrogens with one attached hydrogen (secondary N) is 2. The van der Waals surface area contributed by atoms with Crippen LogP contribution in [0.5, 0.6) is 0 Å². The SMILES string of the molecule is CC(C)(C)OC(=O)NCC#Cc1ccc2scc(N3CCC(=O)NC3=O)c2c1. The minimum absolute atomic E-state index is 0.167. The molecule has 146 valence electrons. The summed E-state index contributed by atoms with van der Waals surface area (Å²) >= 11 is 1.53. The highest BCUT2D eigenvalue weighted by atomic mass is 32.1. The van der Waals surface area contributed by atoms with Crippen LogP contribution in [0.4, 0.5) is 15.3 Å². The maximum atomic E-state index is 12.1. The van der Waals surface area contributed by atoms with Crippen LogP contribution in [0.3, 0.4) is 0 Å². The molecule has 1 aliphatic heterocycles. The van der Waals surface area contributed by atoms with E-state index in [0.29, 0.717) is 6.54 Å². The highest BCUT2D eigenvalue weighted by Gasteiger charge is 2.26. The van der Waals surface area contributed by atoms with Gasteiger partial charge >= 0.3 is 12.1 Å². The monoisotopic (exact) mass is 399 g/mol. The maximum absolute atomic E-state index is 12.1. The Hall–Kier alpha value is -3.05. The minimum atomic E-state index is -0.552. The van der Waals surface area contributed by atoms with Crippen molar-refractivity contribution in [2.45, 2.75) is 32.8 Å².